The van der Waals surface area contributed by atoms with Crippen LogP contribution in [0.25, 0.3) is 11.0 Å². The fraction of sp³-hybridized carbons (Fsp3) is 0.467. The van der Waals surface area contributed by atoms with Crippen LogP contribution in [0, 0.1) is 6.92 Å². The monoisotopic (exact) mass is 288 g/mol. The van der Waals surface area contributed by atoms with Crippen LogP contribution in [0.1, 0.15) is 24.4 Å². The van der Waals surface area contributed by atoms with E-state index in [0.717, 1.165) is 16.9 Å². The summed E-state index contributed by atoms with van der Waals surface area (Å²) in [5.41, 5.74) is 3.27. The van der Waals surface area contributed by atoms with E-state index in [0.29, 0.717) is 26.3 Å². The molecule has 0 fully saturated rings. The molecule has 1 atom stereocenters. The number of rotatable bonds is 3. The minimum absolute atomic E-state index is 0.0732. The minimum atomic E-state index is -0.148. The zero-order valence-electron chi connectivity index (χ0n) is 12.3. The molecule has 0 bridgehead atoms. The predicted octanol–water partition coefficient (Wildman–Crippen LogP) is 1.74. The van der Waals surface area contributed by atoms with Gasteiger partial charge >= 0.3 is 6.03 Å². The molecule has 1 aliphatic heterocycles. The Balaban J connectivity index is 1.86. The number of amides is 2. The molecule has 0 unspecified atom stereocenters. The van der Waals surface area contributed by atoms with Crippen molar-refractivity contribution in [3.63, 3.8) is 0 Å². The normalized spacial score (nSPS) is 17.5. The SMILES string of the molecule is CCNC(=O)NC[C@H]1COCc2nc3cc(C)ccc3n21. The standard InChI is InChI=1S/C15H20N4O2/c1-3-16-15(20)17-7-11-8-21-9-14-18-12-6-10(2)4-5-13(12)19(11)14/h4-6,11H,3,7-9H2,1-2H3,(H2,16,17,20)/t11-/m0/s1. The molecular weight excluding hydrogens is 268 g/mol. The minimum Gasteiger partial charge on any atom is -0.371 e. The van der Waals surface area contributed by atoms with Crippen LogP contribution in [-0.4, -0.2) is 35.3 Å². The van der Waals surface area contributed by atoms with Crippen LogP contribution in [0.15, 0.2) is 18.2 Å². The van der Waals surface area contributed by atoms with Crippen molar-refractivity contribution < 1.29 is 9.53 Å². The van der Waals surface area contributed by atoms with Gasteiger partial charge in [0.1, 0.15) is 12.4 Å². The number of hydrogen-bond acceptors (Lipinski definition) is 3. The summed E-state index contributed by atoms with van der Waals surface area (Å²) in [5, 5.41) is 5.61. The number of hydrogen-bond donors (Lipinski definition) is 2. The zero-order chi connectivity index (χ0) is 14.8. The number of carbonyl (C=O) groups excluding carboxylic acids is 1. The van der Waals surface area contributed by atoms with E-state index in [2.05, 4.69) is 45.3 Å². The van der Waals surface area contributed by atoms with E-state index in [1.165, 1.54) is 5.56 Å². The van der Waals surface area contributed by atoms with Gasteiger partial charge in [-0.1, -0.05) is 6.07 Å². The Kier molecular flexibility index (Phi) is 3.79. The fourth-order valence-corrected chi connectivity index (χ4v) is 2.71. The molecule has 2 N–H and O–H groups in total. The number of imidazole rings is 1. The zero-order valence-corrected chi connectivity index (χ0v) is 12.3. The van der Waals surface area contributed by atoms with E-state index < -0.39 is 0 Å². The second-order valence-corrected chi connectivity index (χ2v) is 5.30. The lowest BCUT2D eigenvalue weighted by molar-refractivity contribution is 0.0572. The lowest BCUT2D eigenvalue weighted by atomic mass is 10.2. The van der Waals surface area contributed by atoms with Crippen LogP contribution in [0.4, 0.5) is 4.79 Å². The average Bonchev–Trinajstić information content (AvgIpc) is 2.83. The first-order valence-electron chi connectivity index (χ1n) is 7.26. The average molecular weight is 288 g/mol. The van der Waals surface area contributed by atoms with Crippen molar-refractivity contribution in [3.8, 4) is 0 Å². The van der Waals surface area contributed by atoms with E-state index in [4.69, 9.17) is 4.74 Å². The first kappa shape index (κ1) is 13.9. The molecule has 0 spiro atoms. The summed E-state index contributed by atoms with van der Waals surface area (Å²) >= 11 is 0. The number of aromatic nitrogens is 2. The second kappa shape index (κ2) is 5.73. The Bertz CT molecular complexity index is 665. The third-order valence-electron chi connectivity index (χ3n) is 3.66. The van der Waals surface area contributed by atoms with Crippen molar-refractivity contribution in [1.82, 2.24) is 20.2 Å². The molecule has 6 heteroatoms. The van der Waals surface area contributed by atoms with Crippen molar-refractivity contribution in [2.75, 3.05) is 19.7 Å². The maximum absolute atomic E-state index is 11.6. The summed E-state index contributed by atoms with van der Waals surface area (Å²) in [4.78, 5) is 16.2. The summed E-state index contributed by atoms with van der Waals surface area (Å²) in [6, 6.07) is 6.18. The quantitative estimate of drug-likeness (QED) is 0.904. The van der Waals surface area contributed by atoms with E-state index in [1.54, 1.807) is 0 Å². The van der Waals surface area contributed by atoms with Gasteiger partial charge in [0.2, 0.25) is 0 Å². The summed E-state index contributed by atoms with van der Waals surface area (Å²) in [5.74, 6) is 0.921. The molecule has 0 aliphatic carbocycles. The molecular formula is C15H20N4O2. The molecule has 21 heavy (non-hydrogen) atoms. The smallest absolute Gasteiger partial charge is 0.314 e. The molecule has 1 aromatic heterocycles. The van der Waals surface area contributed by atoms with Gasteiger partial charge in [0, 0.05) is 13.1 Å². The largest absolute Gasteiger partial charge is 0.371 e. The molecule has 1 aliphatic rings. The fourth-order valence-electron chi connectivity index (χ4n) is 2.71. The van der Waals surface area contributed by atoms with E-state index in [9.17, 15) is 4.79 Å². The number of aryl methyl sites for hydroxylation is 1. The first-order valence-corrected chi connectivity index (χ1v) is 7.26. The molecule has 0 radical (unpaired) electrons. The Hall–Kier alpha value is -2.08. The van der Waals surface area contributed by atoms with E-state index >= 15 is 0 Å². The first-order chi connectivity index (χ1) is 10.2. The van der Waals surface area contributed by atoms with Crippen molar-refractivity contribution in [2.45, 2.75) is 26.5 Å². The van der Waals surface area contributed by atoms with Crippen molar-refractivity contribution >= 4 is 17.1 Å². The van der Waals surface area contributed by atoms with Crippen molar-refractivity contribution in [3.05, 3.63) is 29.6 Å². The van der Waals surface area contributed by atoms with Gasteiger partial charge in [-0.15, -0.1) is 0 Å². The summed E-state index contributed by atoms with van der Waals surface area (Å²) in [7, 11) is 0. The predicted molar refractivity (Wildman–Crippen MR) is 80.2 cm³/mol. The Labute approximate surface area is 123 Å². The number of nitrogens with one attached hydrogen (secondary N) is 2. The summed E-state index contributed by atoms with van der Waals surface area (Å²) in [6.45, 7) is 6.20. The van der Waals surface area contributed by atoms with Crippen molar-refractivity contribution in [2.24, 2.45) is 0 Å². The molecule has 112 valence electrons. The highest BCUT2D eigenvalue weighted by atomic mass is 16.5. The lowest BCUT2D eigenvalue weighted by Gasteiger charge is -2.26. The number of urea groups is 1. The highest BCUT2D eigenvalue weighted by molar-refractivity contribution is 5.77. The van der Waals surface area contributed by atoms with Gasteiger partial charge in [-0.2, -0.15) is 0 Å². The molecule has 0 saturated carbocycles. The van der Waals surface area contributed by atoms with Crippen LogP contribution in [0.3, 0.4) is 0 Å². The molecule has 6 nitrogen and oxygen atoms in total. The number of benzene rings is 1. The number of ether oxygens (including phenoxy) is 1. The maximum Gasteiger partial charge on any atom is 0.314 e. The van der Waals surface area contributed by atoms with Crippen LogP contribution in [0.5, 0.6) is 0 Å². The molecule has 0 saturated heterocycles. The maximum atomic E-state index is 11.6. The Morgan fingerprint density at radius 1 is 1.48 bits per heavy atom. The van der Waals surface area contributed by atoms with Gasteiger partial charge in [0.15, 0.2) is 0 Å². The third-order valence-corrected chi connectivity index (χ3v) is 3.66. The highest BCUT2D eigenvalue weighted by Crippen LogP contribution is 2.26. The third kappa shape index (κ3) is 2.71. The Morgan fingerprint density at radius 2 is 2.33 bits per heavy atom. The molecule has 3 rings (SSSR count). The van der Waals surface area contributed by atoms with Crippen LogP contribution >= 0.6 is 0 Å². The number of nitrogens with zero attached hydrogens (tertiary/aromatic N) is 2. The topological polar surface area (TPSA) is 68.2 Å². The van der Waals surface area contributed by atoms with E-state index in [1.807, 2.05) is 6.92 Å². The van der Waals surface area contributed by atoms with Crippen molar-refractivity contribution in [1.29, 1.82) is 0 Å². The van der Waals surface area contributed by atoms with Crippen LogP contribution < -0.4 is 10.6 Å². The lowest BCUT2D eigenvalue weighted by Crippen LogP contribution is -2.40. The van der Waals surface area contributed by atoms with Gasteiger partial charge in [0.25, 0.3) is 0 Å². The van der Waals surface area contributed by atoms with Gasteiger partial charge in [0.05, 0.1) is 23.7 Å². The van der Waals surface area contributed by atoms with Gasteiger partial charge in [-0.25, -0.2) is 9.78 Å². The number of fused-ring (bicyclic) bond motifs is 3. The molecule has 2 heterocycles. The molecule has 2 aromatic rings. The summed E-state index contributed by atoms with van der Waals surface area (Å²) in [6.07, 6.45) is 0. The number of carbonyl (C=O) groups is 1. The highest BCUT2D eigenvalue weighted by Gasteiger charge is 2.24. The van der Waals surface area contributed by atoms with Gasteiger partial charge < -0.3 is 19.9 Å². The summed E-state index contributed by atoms with van der Waals surface area (Å²) < 4.78 is 7.79. The van der Waals surface area contributed by atoms with Crippen LogP contribution in [-0.2, 0) is 11.3 Å². The molecule has 1 aromatic carbocycles. The van der Waals surface area contributed by atoms with E-state index in [-0.39, 0.29) is 12.1 Å². The Morgan fingerprint density at radius 3 is 3.14 bits per heavy atom. The second-order valence-electron chi connectivity index (χ2n) is 5.30. The van der Waals surface area contributed by atoms with Gasteiger partial charge in [-0.3, -0.25) is 0 Å². The van der Waals surface area contributed by atoms with Crippen LogP contribution in [0.2, 0.25) is 0 Å². The van der Waals surface area contributed by atoms with Gasteiger partial charge in [-0.05, 0) is 31.5 Å². The molecule has 2 amide bonds.